The predicted molar refractivity (Wildman–Crippen MR) is 89.7 cm³/mol. The highest BCUT2D eigenvalue weighted by Gasteiger charge is 2.17. The number of hydrogen-bond acceptors (Lipinski definition) is 4. The zero-order valence-corrected chi connectivity index (χ0v) is 15.5. The largest absolute Gasteiger partial charge is 0.477 e. The van der Waals surface area contributed by atoms with Gasteiger partial charge in [-0.1, -0.05) is 0 Å². The smallest absolute Gasteiger partial charge is 0.217 e. The Hall–Kier alpha value is -0.650. The maximum absolute atomic E-state index is 5.84. The Morgan fingerprint density at radius 3 is 2.48 bits per heavy atom. The second-order valence-electron chi connectivity index (χ2n) is 6.78. The molecule has 1 heterocycles. The summed E-state index contributed by atoms with van der Waals surface area (Å²) in [5, 5.41) is 3.46. The molecule has 1 aromatic rings. The van der Waals surface area contributed by atoms with Gasteiger partial charge in [0.2, 0.25) is 5.88 Å². The van der Waals surface area contributed by atoms with E-state index in [1.807, 2.05) is 19.9 Å². The van der Waals surface area contributed by atoms with Crippen LogP contribution in [0.2, 0.25) is 0 Å². The van der Waals surface area contributed by atoms with Crippen molar-refractivity contribution in [2.45, 2.75) is 58.7 Å². The number of hydrogen-bond donors (Lipinski definition) is 1. The second kappa shape index (κ2) is 7.56. The van der Waals surface area contributed by atoms with Crippen molar-refractivity contribution in [1.29, 1.82) is 0 Å². The maximum atomic E-state index is 5.84. The van der Waals surface area contributed by atoms with E-state index in [0.29, 0.717) is 12.5 Å². The molecule has 21 heavy (non-hydrogen) atoms. The van der Waals surface area contributed by atoms with Gasteiger partial charge in [0.15, 0.2) is 0 Å². The molecule has 0 spiro atoms. The summed E-state index contributed by atoms with van der Waals surface area (Å²) in [6, 6.07) is 2.04. The fourth-order valence-corrected chi connectivity index (χ4v) is 1.96. The van der Waals surface area contributed by atoms with Gasteiger partial charge in [0.05, 0.1) is 12.2 Å². The van der Waals surface area contributed by atoms with Crippen LogP contribution in [0.4, 0.5) is 0 Å². The number of nitrogens with one attached hydrogen (secondary N) is 1. The Kier molecular flexibility index (Phi) is 6.63. The van der Waals surface area contributed by atoms with Gasteiger partial charge in [-0.3, -0.25) is 0 Å². The third-order valence-electron chi connectivity index (χ3n) is 3.20. The van der Waals surface area contributed by atoms with Crippen molar-refractivity contribution >= 4 is 15.9 Å². The molecule has 0 aromatic carbocycles. The zero-order chi connectivity index (χ0) is 16.1. The summed E-state index contributed by atoms with van der Waals surface area (Å²) in [7, 11) is 1.72. The minimum Gasteiger partial charge on any atom is -0.477 e. The normalized spacial score (nSPS) is 12.5. The van der Waals surface area contributed by atoms with Crippen molar-refractivity contribution in [2.24, 2.45) is 0 Å². The minimum absolute atomic E-state index is 0.0532. The molecular weight excluding hydrogens is 332 g/mol. The highest BCUT2D eigenvalue weighted by molar-refractivity contribution is 9.10. The molecular formula is C16H27BrN2O2. The molecule has 0 amide bonds. The average Bonchev–Trinajstić information content (AvgIpc) is 2.37. The number of pyridine rings is 1. The van der Waals surface area contributed by atoms with Gasteiger partial charge < -0.3 is 14.8 Å². The van der Waals surface area contributed by atoms with Crippen molar-refractivity contribution in [3.05, 3.63) is 22.3 Å². The molecule has 0 aliphatic rings. The Balaban J connectivity index is 2.68. The van der Waals surface area contributed by atoms with Crippen LogP contribution in [0.5, 0.6) is 5.88 Å². The molecule has 0 radical (unpaired) electrons. The van der Waals surface area contributed by atoms with E-state index in [0.717, 1.165) is 23.0 Å². The van der Waals surface area contributed by atoms with Crippen LogP contribution in [-0.4, -0.2) is 29.8 Å². The summed E-state index contributed by atoms with van der Waals surface area (Å²) < 4.78 is 12.2. The van der Waals surface area contributed by atoms with Gasteiger partial charge in [-0.15, -0.1) is 0 Å². The van der Waals surface area contributed by atoms with E-state index in [-0.39, 0.29) is 11.1 Å². The van der Waals surface area contributed by atoms with Crippen molar-refractivity contribution in [3.63, 3.8) is 0 Å². The highest BCUT2D eigenvalue weighted by atomic mass is 79.9. The second-order valence-corrected chi connectivity index (χ2v) is 7.70. The van der Waals surface area contributed by atoms with Gasteiger partial charge in [0.25, 0.3) is 0 Å². The summed E-state index contributed by atoms with van der Waals surface area (Å²) in [6.07, 6.45) is 2.57. The topological polar surface area (TPSA) is 43.4 Å². The summed E-state index contributed by atoms with van der Waals surface area (Å²) in [5.74, 6) is 0.682. The van der Waals surface area contributed by atoms with Crippen LogP contribution in [0.3, 0.4) is 0 Å². The fraction of sp³-hybridized carbons (Fsp3) is 0.688. The van der Waals surface area contributed by atoms with Gasteiger partial charge in [-0.25, -0.2) is 4.98 Å². The molecule has 120 valence electrons. The predicted octanol–water partition coefficient (Wildman–Crippen LogP) is 3.93. The maximum Gasteiger partial charge on any atom is 0.217 e. The molecule has 0 aliphatic carbocycles. The monoisotopic (exact) mass is 358 g/mol. The molecule has 0 fully saturated rings. The fourth-order valence-electron chi connectivity index (χ4n) is 1.58. The Morgan fingerprint density at radius 2 is 1.90 bits per heavy atom. The van der Waals surface area contributed by atoms with E-state index in [2.05, 4.69) is 47.0 Å². The minimum atomic E-state index is -0.181. The van der Waals surface area contributed by atoms with E-state index >= 15 is 0 Å². The molecule has 0 atom stereocenters. The SMILES string of the molecule is COC(C)(C)CCOc1ncc(Br)cc1CNC(C)(C)C. The van der Waals surface area contributed by atoms with Crippen molar-refractivity contribution in [1.82, 2.24) is 10.3 Å². The molecule has 5 heteroatoms. The molecule has 4 nitrogen and oxygen atoms in total. The van der Waals surface area contributed by atoms with Gasteiger partial charge in [0.1, 0.15) is 0 Å². The Morgan fingerprint density at radius 1 is 1.24 bits per heavy atom. The average molecular weight is 359 g/mol. The summed E-state index contributed by atoms with van der Waals surface area (Å²) >= 11 is 3.46. The lowest BCUT2D eigenvalue weighted by molar-refractivity contribution is 0.00498. The Labute approximate surface area is 136 Å². The van der Waals surface area contributed by atoms with E-state index < -0.39 is 0 Å². The lowest BCUT2D eigenvalue weighted by atomic mass is 10.1. The van der Waals surface area contributed by atoms with E-state index in [1.165, 1.54) is 0 Å². The molecule has 0 saturated carbocycles. The van der Waals surface area contributed by atoms with E-state index in [4.69, 9.17) is 9.47 Å². The van der Waals surface area contributed by atoms with Crippen LogP contribution in [0.1, 0.15) is 46.6 Å². The van der Waals surface area contributed by atoms with E-state index in [9.17, 15) is 0 Å². The van der Waals surface area contributed by atoms with Crippen LogP contribution >= 0.6 is 15.9 Å². The molecule has 0 aliphatic heterocycles. The Bertz CT molecular complexity index is 456. The number of methoxy groups -OCH3 is 1. The van der Waals surface area contributed by atoms with Gasteiger partial charge in [-0.2, -0.15) is 0 Å². The number of aromatic nitrogens is 1. The van der Waals surface area contributed by atoms with Crippen LogP contribution < -0.4 is 10.1 Å². The molecule has 0 saturated heterocycles. The van der Waals surface area contributed by atoms with Crippen LogP contribution in [0, 0.1) is 0 Å². The summed E-state index contributed by atoms with van der Waals surface area (Å²) in [6.45, 7) is 11.8. The van der Waals surface area contributed by atoms with Gasteiger partial charge >= 0.3 is 0 Å². The first-order chi connectivity index (χ1) is 9.63. The van der Waals surface area contributed by atoms with Crippen molar-refractivity contribution in [2.75, 3.05) is 13.7 Å². The van der Waals surface area contributed by atoms with Crippen LogP contribution in [-0.2, 0) is 11.3 Å². The first kappa shape index (κ1) is 18.4. The number of rotatable bonds is 7. The number of ether oxygens (including phenoxy) is 2. The van der Waals surface area contributed by atoms with Crippen molar-refractivity contribution < 1.29 is 9.47 Å². The van der Waals surface area contributed by atoms with E-state index in [1.54, 1.807) is 13.3 Å². The number of nitrogens with zero attached hydrogens (tertiary/aromatic N) is 1. The third-order valence-corrected chi connectivity index (χ3v) is 3.63. The summed E-state index contributed by atoms with van der Waals surface area (Å²) in [4.78, 5) is 4.37. The number of halogens is 1. The standard InChI is InChI=1S/C16H27BrN2O2/c1-15(2,3)19-10-12-9-13(17)11-18-14(12)21-8-7-16(4,5)20-6/h9,11,19H,7-8,10H2,1-6H3. The van der Waals surface area contributed by atoms with Crippen molar-refractivity contribution in [3.8, 4) is 5.88 Å². The molecule has 1 N–H and O–H groups in total. The molecule has 0 unspecified atom stereocenters. The quantitative estimate of drug-likeness (QED) is 0.801. The third kappa shape index (κ3) is 7.25. The lowest BCUT2D eigenvalue weighted by Gasteiger charge is -2.23. The molecule has 1 aromatic heterocycles. The van der Waals surface area contributed by atoms with Gasteiger partial charge in [-0.05, 0) is 56.6 Å². The molecule has 1 rings (SSSR count). The highest BCUT2D eigenvalue weighted by Crippen LogP contribution is 2.22. The van der Waals surface area contributed by atoms with Crippen LogP contribution in [0.25, 0.3) is 0 Å². The zero-order valence-electron chi connectivity index (χ0n) is 13.9. The first-order valence-corrected chi connectivity index (χ1v) is 8.00. The molecule has 0 bridgehead atoms. The summed E-state index contributed by atoms with van der Waals surface area (Å²) in [5.41, 5.74) is 0.922. The first-order valence-electron chi connectivity index (χ1n) is 7.20. The van der Waals surface area contributed by atoms with Gasteiger partial charge in [0, 0.05) is 41.8 Å². The van der Waals surface area contributed by atoms with Crippen LogP contribution in [0.15, 0.2) is 16.7 Å². The lowest BCUT2D eigenvalue weighted by Crippen LogP contribution is -2.35.